The molecule has 0 saturated carbocycles. The average molecular weight is 432 g/mol. The lowest BCUT2D eigenvalue weighted by Crippen LogP contribution is -2.39. The van der Waals surface area contributed by atoms with Crippen molar-refractivity contribution in [2.24, 2.45) is 0 Å². The lowest BCUT2D eigenvalue weighted by atomic mass is 10.2. The molecule has 1 aliphatic heterocycles. The van der Waals surface area contributed by atoms with E-state index in [1.165, 1.54) is 27.2 Å². The molecule has 2 aromatic rings. The summed E-state index contributed by atoms with van der Waals surface area (Å²) in [6.07, 6.45) is 5.05. The number of hydrogen-bond acceptors (Lipinski definition) is 4. The van der Waals surface area contributed by atoms with Gasteiger partial charge in [0.1, 0.15) is 11.4 Å². The Bertz CT molecular complexity index is 1010. The molecule has 1 fully saturated rings. The van der Waals surface area contributed by atoms with Crippen molar-refractivity contribution in [2.45, 2.75) is 50.6 Å². The Hall–Kier alpha value is -2.45. The van der Waals surface area contributed by atoms with E-state index < -0.39 is 15.6 Å². The van der Waals surface area contributed by atoms with Crippen molar-refractivity contribution in [1.82, 2.24) is 13.8 Å². The van der Waals surface area contributed by atoms with E-state index in [1.807, 2.05) is 37.3 Å². The number of sulfonamides is 1. The summed E-state index contributed by atoms with van der Waals surface area (Å²) < 4.78 is 28.7. The molecule has 1 aromatic carbocycles. The van der Waals surface area contributed by atoms with Gasteiger partial charge in [0.2, 0.25) is 15.9 Å². The number of carbonyl (C=O) groups excluding carboxylic acids is 1. The molecule has 0 aliphatic carbocycles. The zero-order valence-electron chi connectivity index (χ0n) is 17.4. The maximum absolute atomic E-state index is 13.0. The van der Waals surface area contributed by atoms with Crippen molar-refractivity contribution in [3.63, 3.8) is 0 Å². The smallest absolute Gasteiger partial charge is 0.271 e. The van der Waals surface area contributed by atoms with E-state index >= 15 is 0 Å². The quantitative estimate of drug-likeness (QED) is 0.675. The summed E-state index contributed by atoms with van der Waals surface area (Å²) in [4.78, 5) is 27.1. The van der Waals surface area contributed by atoms with Gasteiger partial charge in [0, 0.05) is 32.4 Å². The predicted octanol–water partition coefficient (Wildman–Crippen LogP) is 2.46. The van der Waals surface area contributed by atoms with Gasteiger partial charge in [-0.1, -0.05) is 43.2 Å². The number of rotatable bonds is 7. The summed E-state index contributed by atoms with van der Waals surface area (Å²) in [7, 11) is -3.87. The number of likely N-dealkylation sites (N-methyl/N-ethyl adjacent to an activating group) is 1. The molecule has 0 bridgehead atoms. The molecule has 3 rings (SSSR count). The van der Waals surface area contributed by atoms with Crippen molar-refractivity contribution in [1.29, 1.82) is 0 Å². The van der Waals surface area contributed by atoms with Crippen LogP contribution in [-0.2, 0) is 27.9 Å². The van der Waals surface area contributed by atoms with Crippen LogP contribution in [0, 0.1) is 0 Å². The minimum absolute atomic E-state index is 0.192. The fourth-order valence-corrected chi connectivity index (χ4v) is 5.29. The molecule has 1 aliphatic rings. The Balaban J connectivity index is 1.80. The normalized spacial score (nSPS) is 15.5. The van der Waals surface area contributed by atoms with Crippen LogP contribution in [0.2, 0.25) is 0 Å². The Labute approximate surface area is 178 Å². The Morgan fingerprint density at radius 1 is 1.00 bits per heavy atom. The van der Waals surface area contributed by atoms with Gasteiger partial charge in [0.05, 0.1) is 0 Å². The standard InChI is InChI=1S/C22H29N3O4S/c1-2-23(17-19-11-6-5-7-12-19)21(26)18-24-14-10-13-20(22(24)27)30(28,29)25-15-8-3-4-9-16-25/h5-7,10-14H,2-4,8-9,15-18H2,1H3. The van der Waals surface area contributed by atoms with Crippen LogP contribution in [0.25, 0.3) is 0 Å². The number of amides is 1. The summed E-state index contributed by atoms with van der Waals surface area (Å²) >= 11 is 0. The molecule has 0 spiro atoms. The maximum Gasteiger partial charge on any atom is 0.271 e. The largest absolute Gasteiger partial charge is 0.337 e. The topological polar surface area (TPSA) is 79.7 Å². The summed E-state index contributed by atoms with van der Waals surface area (Å²) in [6, 6.07) is 12.5. The van der Waals surface area contributed by atoms with E-state index in [-0.39, 0.29) is 17.3 Å². The monoisotopic (exact) mass is 431 g/mol. The van der Waals surface area contributed by atoms with E-state index in [0.717, 1.165) is 31.2 Å². The van der Waals surface area contributed by atoms with Crippen molar-refractivity contribution in [3.8, 4) is 0 Å². The van der Waals surface area contributed by atoms with Gasteiger partial charge in [0.15, 0.2) is 0 Å². The molecular formula is C22H29N3O4S. The first-order valence-corrected chi connectivity index (χ1v) is 11.9. The van der Waals surface area contributed by atoms with Crippen LogP contribution in [0.1, 0.15) is 38.2 Å². The number of nitrogens with zero attached hydrogens (tertiary/aromatic N) is 3. The highest BCUT2D eigenvalue weighted by Gasteiger charge is 2.28. The van der Waals surface area contributed by atoms with E-state index in [1.54, 1.807) is 4.90 Å². The molecule has 8 heteroatoms. The van der Waals surface area contributed by atoms with Crippen LogP contribution in [0.4, 0.5) is 0 Å². The number of benzene rings is 1. The molecule has 2 heterocycles. The second-order valence-corrected chi connectivity index (χ2v) is 9.42. The van der Waals surface area contributed by atoms with E-state index in [4.69, 9.17) is 0 Å². The summed E-state index contributed by atoms with van der Waals surface area (Å²) in [5, 5.41) is 0. The lowest BCUT2D eigenvalue weighted by Gasteiger charge is -2.22. The lowest BCUT2D eigenvalue weighted by molar-refractivity contribution is -0.132. The van der Waals surface area contributed by atoms with Crippen molar-refractivity contribution < 1.29 is 13.2 Å². The third kappa shape index (κ3) is 5.17. The first kappa shape index (κ1) is 22.2. The molecule has 0 atom stereocenters. The highest BCUT2D eigenvalue weighted by Crippen LogP contribution is 2.18. The molecule has 0 unspecified atom stereocenters. The van der Waals surface area contributed by atoms with Gasteiger partial charge in [-0.15, -0.1) is 0 Å². The highest BCUT2D eigenvalue weighted by molar-refractivity contribution is 7.89. The SMILES string of the molecule is CCN(Cc1ccccc1)C(=O)Cn1cccc(S(=O)(=O)N2CCCCCC2)c1=O. The highest BCUT2D eigenvalue weighted by atomic mass is 32.2. The minimum Gasteiger partial charge on any atom is -0.337 e. The molecule has 30 heavy (non-hydrogen) atoms. The summed E-state index contributed by atoms with van der Waals surface area (Å²) in [6.45, 7) is 3.48. The average Bonchev–Trinajstić information content (AvgIpc) is 3.04. The minimum atomic E-state index is -3.87. The van der Waals surface area contributed by atoms with Gasteiger partial charge < -0.3 is 9.47 Å². The Morgan fingerprint density at radius 2 is 1.67 bits per heavy atom. The molecule has 1 saturated heterocycles. The van der Waals surface area contributed by atoms with E-state index in [0.29, 0.717) is 26.2 Å². The van der Waals surface area contributed by atoms with Crippen molar-refractivity contribution in [2.75, 3.05) is 19.6 Å². The second-order valence-electron chi connectivity index (χ2n) is 7.52. The van der Waals surface area contributed by atoms with Gasteiger partial charge in [-0.25, -0.2) is 8.42 Å². The fourth-order valence-electron chi connectivity index (χ4n) is 3.68. The molecule has 1 amide bonds. The zero-order valence-corrected chi connectivity index (χ0v) is 18.2. The fraction of sp³-hybridized carbons (Fsp3) is 0.455. The van der Waals surface area contributed by atoms with Crippen LogP contribution in [-0.4, -0.2) is 47.7 Å². The van der Waals surface area contributed by atoms with Gasteiger partial charge in [-0.2, -0.15) is 4.31 Å². The van der Waals surface area contributed by atoms with Crippen molar-refractivity contribution >= 4 is 15.9 Å². The van der Waals surface area contributed by atoms with E-state index in [9.17, 15) is 18.0 Å². The molecule has 0 N–H and O–H groups in total. The summed E-state index contributed by atoms with van der Waals surface area (Å²) in [5.41, 5.74) is 0.350. The molecular weight excluding hydrogens is 402 g/mol. The molecule has 162 valence electrons. The van der Waals surface area contributed by atoms with Crippen LogP contribution in [0.5, 0.6) is 0 Å². The van der Waals surface area contributed by atoms with Crippen LogP contribution in [0.15, 0.2) is 58.4 Å². The predicted molar refractivity (Wildman–Crippen MR) is 115 cm³/mol. The van der Waals surface area contributed by atoms with Crippen molar-refractivity contribution in [3.05, 3.63) is 64.6 Å². The third-order valence-electron chi connectivity index (χ3n) is 5.42. The number of carbonyl (C=O) groups is 1. The van der Waals surface area contributed by atoms with Crippen LogP contribution in [0.3, 0.4) is 0 Å². The first-order valence-electron chi connectivity index (χ1n) is 10.4. The van der Waals surface area contributed by atoms with Crippen LogP contribution >= 0.6 is 0 Å². The zero-order chi connectivity index (χ0) is 21.6. The van der Waals surface area contributed by atoms with Gasteiger partial charge in [-0.05, 0) is 37.5 Å². The Morgan fingerprint density at radius 3 is 2.30 bits per heavy atom. The van der Waals surface area contributed by atoms with Gasteiger partial charge in [0.25, 0.3) is 5.56 Å². The maximum atomic E-state index is 13.0. The molecule has 7 nitrogen and oxygen atoms in total. The first-order chi connectivity index (χ1) is 14.4. The molecule has 1 aromatic heterocycles. The number of hydrogen-bond donors (Lipinski definition) is 0. The number of aromatic nitrogens is 1. The molecule has 0 radical (unpaired) electrons. The van der Waals surface area contributed by atoms with Gasteiger partial charge >= 0.3 is 0 Å². The van der Waals surface area contributed by atoms with Gasteiger partial charge in [-0.3, -0.25) is 9.59 Å². The number of pyridine rings is 1. The third-order valence-corrected chi connectivity index (χ3v) is 7.34. The summed E-state index contributed by atoms with van der Waals surface area (Å²) in [5.74, 6) is -0.229. The van der Waals surface area contributed by atoms with Crippen LogP contribution < -0.4 is 5.56 Å². The van der Waals surface area contributed by atoms with E-state index in [2.05, 4.69) is 0 Å². The Kier molecular flexibility index (Phi) is 7.44. The second kappa shape index (κ2) is 10.0.